The Morgan fingerprint density at radius 1 is 1.40 bits per heavy atom. The molecule has 1 aliphatic heterocycles. The van der Waals surface area contributed by atoms with Crippen LogP contribution in [0.3, 0.4) is 0 Å². The van der Waals surface area contributed by atoms with Crippen molar-refractivity contribution in [3.05, 3.63) is 29.3 Å². The molecule has 1 saturated heterocycles. The Kier molecular flexibility index (Phi) is 4.39. The predicted molar refractivity (Wildman–Crippen MR) is 81.2 cm³/mol. The number of carbonyl (C=O) groups is 1. The Balaban J connectivity index is 2.43. The lowest BCUT2D eigenvalue weighted by atomic mass is 10.1. The number of hydrogen-bond acceptors (Lipinski definition) is 3. The van der Waals surface area contributed by atoms with Gasteiger partial charge in [-0.1, -0.05) is 12.1 Å². The molecule has 0 radical (unpaired) electrons. The number of amides is 1. The normalized spacial score (nSPS) is 20.9. The molecule has 0 aromatic heterocycles. The van der Waals surface area contributed by atoms with E-state index in [1.54, 1.807) is 4.90 Å². The smallest absolute Gasteiger partial charge is 0.242 e. The van der Waals surface area contributed by atoms with E-state index in [2.05, 4.69) is 0 Å². The molecule has 0 aliphatic carbocycles. The quantitative estimate of drug-likeness (QED) is 0.802. The van der Waals surface area contributed by atoms with E-state index in [-0.39, 0.29) is 29.3 Å². The molecule has 1 atom stereocenters. The molecule has 0 saturated carbocycles. The number of rotatable bonds is 3. The van der Waals surface area contributed by atoms with Crippen molar-refractivity contribution in [3.63, 3.8) is 0 Å². The number of alkyl halides is 1. The molecular weight excluding hydrogens is 298 g/mol. The van der Waals surface area contributed by atoms with Gasteiger partial charge in [-0.2, -0.15) is 0 Å². The van der Waals surface area contributed by atoms with E-state index in [4.69, 9.17) is 11.6 Å². The van der Waals surface area contributed by atoms with Crippen LogP contribution in [0, 0.1) is 13.8 Å². The Morgan fingerprint density at radius 2 is 2.10 bits per heavy atom. The minimum Gasteiger partial charge on any atom is -0.307 e. The molecule has 1 aliphatic rings. The first-order valence-electron chi connectivity index (χ1n) is 6.50. The fourth-order valence-corrected chi connectivity index (χ4v) is 4.39. The summed E-state index contributed by atoms with van der Waals surface area (Å²) < 4.78 is 23.3. The van der Waals surface area contributed by atoms with Gasteiger partial charge < -0.3 is 4.90 Å². The Bertz CT molecular complexity index is 627. The van der Waals surface area contributed by atoms with Crippen molar-refractivity contribution in [2.45, 2.75) is 26.3 Å². The highest BCUT2D eigenvalue weighted by Gasteiger charge is 2.35. The molecule has 0 N–H and O–H groups in total. The standard InChI is InChI=1S/C14H18ClNO3S/c1-10-3-4-11(2)13(7-10)16(14(17)8-15)12-5-6-20(18,19)9-12/h3-4,7,12H,5-6,8-9H2,1-2H3. The summed E-state index contributed by atoms with van der Waals surface area (Å²) in [6.45, 7) is 3.85. The highest BCUT2D eigenvalue weighted by molar-refractivity contribution is 7.91. The Morgan fingerprint density at radius 3 is 2.65 bits per heavy atom. The molecule has 1 unspecified atom stereocenters. The number of hydrogen-bond donors (Lipinski definition) is 0. The summed E-state index contributed by atoms with van der Waals surface area (Å²) in [4.78, 5) is 13.7. The maximum atomic E-state index is 12.2. The summed E-state index contributed by atoms with van der Waals surface area (Å²) in [7, 11) is -3.05. The molecule has 1 aromatic rings. The van der Waals surface area contributed by atoms with Crippen LogP contribution in [0.1, 0.15) is 17.5 Å². The topological polar surface area (TPSA) is 54.5 Å². The fraction of sp³-hybridized carbons (Fsp3) is 0.500. The van der Waals surface area contributed by atoms with Gasteiger partial charge in [-0.15, -0.1) is 11.6 Å². The van der Waals surface area contributed by atoms with E-state index in [9.17, 15) is 13.2 Å². The van der Waals surface area contributed by atoms with Crippen LogP contribution in [-0.4, -0.2) is 37.8 Å². The number of aryl methyl sites for hydroxylation is 2. The van der Waals surface area contributed by atoms with E-state index in [0.717, 1.165) is 16.8 Å². The highest BCUT2D eigenvalue weighted by atomic mass is 35.5. The van der Waals surface area contributed by atoms with Gasteiger partial charge in [0.1, 0.15) is 5.88 Å². The third kappa shape index (κ3) is 3.15. The summed E-state index contributed by atoms with van der Waals surface area (Å²) in [6.07, 6.45) is 0.471. The molecule has 1 fully saturated rings. The van der Waals surface area contributed by atoms with Crippen LogP contribution >= 0.6 is 11.6 Å². The minimum atomic E-state index is -3.05. The van der Waals surface area contributed by atoms with Crippen LogP contribution in [-0.2, 0) is 14.6 Å². The van der Waals surface area contributed by atoms with Crippen molar-refractivity contribution >= 4 is 33.0 Å². The first-order valence-corrected chi connectivity index (χ1v) is 8.85. The van der Waals surface area contributed by atoms with Crippen LogP contribution in [0.2, 0.25) is 0 Å². The van der Waals surface area contributed by atoms with E-state index in [1.807, 2.05) is 32.0 Å². The number of anilines is 1. The van der Waals surface area contributed by atoms with Gasteiger partial charge in [-0.05, 0) is 37.5 Å². The third-order valence-corrected chi connectivity index (χ3v) is 5.56. The van der Waals surface area contributed by atoms with E-state index < -0.39 is 9.84 Å². The number of benzene rings is 1. The van der Waals surface area contributed by atoms with Crippen molar-refractivity contribution in [1.82, 2.24) is 0 Å². The minimum absolute atomic E-state index is 0.0169. The zero-order valence-electron chi connectivity index (χ0n) is 11.6. The van der Waals surface area contributed by atoms with Gasteiger partial charge in [0, 0.05) is 5.69 Å². The number of halogens is 1. The lowest BCUT2D eigenvalue weighted by molar-refractivity contribution is -0.116. The van der Waals surface area contributed by atoms with Gasteiger partial charge >= 0.3 is 0 Å². The Hall–Kier alpha value is -1.07. The van der Waals surface area contributed by atoms with Crippen molar-refractivity contribution in [3.8, 4) is 0 Å². The van der Waals surface area contributed by atoms with Gasteiger partial charge in [0.25, 0.3) is 0 Å². The maximum absolute atomic E-state index is 12.2. The Labute approximate surface area is 124 Å². The third-order valence-electron chi connectivity index (χ3n) is 3.58. The molecule has 1 amide bonds. The van der Waals surface area contributed by atoms with Crippen LogP contribution in [0.5, 0.6) is 0 Å². The van der Waals surface area contributed by atoms with Gasteiger partial charge in [-0.25, -0.2) is 8.42 Å². The van der Waals surface area contributed by atoms with E-state index in [1.165, 1.54) is 0 Å². The molecule has 1 heterocycles. The van der Waals surface area contributed by atoms with Crippen LogP contribution in [0.15, 0.2) is 18.2 Å². The molecule has 1 aromatic carbocycles. The zero-order chi connectivity index (χ0) is 14.9. The monoisotopic (exact) mass is 315 g/mol. The average molecular weight is 316 g/mol. The molecule has 110 valence electrons. The van der Waals surface area contributed by atoms with Crippen molar-refractivity contribution in [2.75, 3.05) is 22.3 Å². The van der Waals surface area contributed by atoms with Gasteiger partial charge in [-0.3, -0.25) is 4.79 Å². The van der Waals surface area contributed by atoms with Crippen molar-refractivity contribution < 1.29 is 13.2 Å². The second-order valence-electron chi connectivity index (χ2n) is 5.24. The zero-order valence-corrected chi connectivity index (χ0v) is 13.2. The molecular formula is C14H18ClNO3S. The van der Waals surface area contributed by atoms with Crippen LogP contribution in [0.25, 0.3) is 0 Å². The van der Waals surface area contributed by atoms with Crippen molar-refractivity contribution in [1.29, 1.82) is 0 Å². The van der Waals surface area contributed by atoms with Crippen LogP contribution in [0.4, 0.5) is 5.69 Å². The second kappa shape index (κ2) is 5.74. The summed E-state index contributed by atoms with van der Waals surface area (Å²) in [6, 6.07) is 5.49. The summed E-state index contributed by atoms with van der Waals surface area (Å²) in [5, 5.41) is 0. The molecule has 20 heavy (non-hydrogen) atoms. The van der Waals surface area contributed by atoms with Gasteiger partial charge in [0.15, 0.2) is 9.84 Å². The summed E-state index contributed by atoms with van der Waals surface area (Å²) >= 11 is 5.70. The SMILES string of the molecule is Cc1ccc(C)c(N(C(=O)CCl)C2CCS(=O)(=O)C2)c1. The van der Waals surface area contributed by atoms with Gasteiger partial charge in [0.2, 0.25) is 5.91 Å². The predicted octanol–water partition coefficient (Wildman–Crippen LogP) is 2.06. The van der Waals surface area contributed by atoms with E-state index in [0.29, 0.717) is 6.42 Å². The largest absolute Gasteiger partial charge is 0.307 e. The molecule has 6 heteroatoms. The average Bonchev–Trinajstić information content (AvgIpc) is 2.74. The molecule has 2 rings (SSSR count). The first-order chi connectivity index (χ1) is 9.34. The van der Waals surface area contributed by atoms with Crippen LogP contribution < -0.4 is 4.90 Å². The van der Waals surface area contributed by atoms with Gasteiger partial charge in [0.05, 0.1) is 17.5 Å². The number of sulfone groups is 1. The lowest BCUT2D eigenvalue weighted by Gasteiger charge is -2.29. The molecule has 0 bridgehead atoms. The number of nitrogens with zero attached hydrogens (tertiary/aromatic N) is 1. The summed E-state index contributed by atoms with van der Waals surface area (Å²) in [5.74, 6) is -0.246. The molecule has 4 nitrogen and oxygen atoms in total. The maximum Gasteiger partial charge on any atom is 0.242 e. The fourth-order valence-electron chi connectivity index (χ4n) is 2.56. The second-order valence-corrected chi connectivity index (χ2v) is 7.74. The highest BCUT2D eigenvalue weighted by Crippen LogP contribution is 2.28. The first kappa shape index (κ1) is 15.3. The molecule has 0 spiro atoms. The van der Waals surface area contributed by atoms with Crippen molar-refractivity contribution in [2.24, 2.45) is 0 Å². The number of carbonyl (C=O) groups excluding carboxylic acids is 1. The lowest BCUT2D eigenvalue weighted by Crippen LogP contribution is -2.42. The summed E-state index contributed by atoms with van der Waals surface area (Å²) in [5.41, 5.74) is 2.73. The van der Waals surface area contributed by atoms with E-state index >= 15 is 0 Å².